The van der Waals surface area contributed by atoms with Gasteiger partial charge in [-0.15, -0.1) is 11.3 Å². The number of amides is 2. The van der Waals surface area contributed by atoms with E-state index in [1.807, 2.05) is 13.8 Å². The SMILES string of the molecule is CC(C)n1ncc2cc(C(=O)O[C@@H](C)C(=O)Nc3sccc3C(N)=O)cnc21. The molecule has 10 heteroatoms. The molecule has 3 N–H and O–H groups in total. The number of aromatic nitrogens is 3. The maximum atomic E-state index is 12.4. The molecule has 0 aliphatic heterocycles. The average Bonchev–Trinajstić information content (AvgIpc) is 3.27. The van der Waals surface area contributed by atoms with Gasteiger partial charge < -0.3 is 15.8 Å². The molecular formula is C18H19N5O4S. The summed E-state index contributed by atoms with van der Waals surface area (Å²) in [5.41, 5.74) is 6.33. The lowest BCUT2D eigenvalue weighted by Gasteiger charge is -2.13. The fourth-order valence-corrected chi connectivity index (χ4v) is 3.32. The molecule has 3 aromatic rings. The third-order valence-electron chi connectivity index (χ3n) is 3.98. The molecule has 2 amide bonds. The third kappa shape index (κ3) is 3.86. The summed E-state index contributed by atoms with van der Waals surface area (Å²) in [6.45, 7) is 5.40. The van der Waals surface area contributed by atoms with Crippen LogP contribution in [0.3, 0.4) is 0 Å². The van der Waals surface area contributed by atoms with Gasteiger partial charge in [-0.05, 0) is 38.3 Å². The molecule has 3 heterocycles. The molecule has 0 aliphatic carbocycles. The number of nitrogens with one attached hydrogen (secondary N) is 1. The number of pyridine rings is 1. The molecule has 0 fully saturated rings. The summed E-state index contributed by atoms with van der Waals surface area (Å²) in [7, 11) is 0. The molecule has 0 aliphatic rings. The van der Waals surface area contributed by atoms with Crippen molar-refractivity contribution in [3.63, 3.8) is 0 Å². The Morgan fingerprint density at radius 3 is 2.68 bits per heavy atom. The number of nitrogens with zero attached hydrogens (tertiary/aromatic N) is 3. The van der Waals surface area contributed by atoms with Crippen LogP contribution in [-0.4, -0.2) is 38.7 Å². The molecule has 0 bridgehead atoms. The van der Waals surface area contributed by atoms with Crippen molar-refractivity contribution in [1.82, 2.24) is 14.8 Å². The number of carbonyl (C=O) groups is 3. The highest BCUT2D eigenvalue weighted by Crippen LogP contribution is 2.23. The second-order valence-electron chi connectivity index (χ2n) is 6.38. The van der Waals surface area contributed by atoms with Gasteiger partial charge in [0.25, 0.3) is 11.8 Å². The zero-order chi connectivity index (χ0) is 20.4. The van der Waals surface area contributed by atoms with E-state index in [0.29, 0.717) is 16.0 Å². The van der Waals surface area contributed by atoms with Crippen molar-refractivity contribution in [2.75, 3.05) is 5.32 Å². The predicted octanol–water partition coefficient (Wildman–Crippen LogP) is 2.36. The molecule has 3 rings (SSSR count). The van der Waals surface area contributed by atoms with E-state index in [0.717, 1.165) is 11.3 Å². The number of primary amides is 1. The van der Waals surface area contributed by atoms with E-state index in [4.69, 9.17) is 10.5 Å². The quantitative estimate of drug-likeness (QED) is 0.610. The average molecular weight is 401 g/mol. The predicted molar refractivity (Wildman–Crippen MR) is 104 cm³/mol. The molecule has 0 aromatic carbocycles. The Morgan fingerprint density at radius 1 is 1.25 bits per heavy atom. The Hall–Kier alpha value is -3.27. The van der Waals surface area contributed by atoms with E-state index >= 15 is 0 Å². The van der Waals surface area contributed by atoms with Crippen molar-refractivity contribution in [2.45, 2.75) is 32.9 Å². The van der Waals surface area contributed by atoms with E-state index in [-0.39, 0.29) is 17.2 Å². The van der Waals surface area contributed by atoms with E-state index in [1.54, 1.807) is 22.3 Å². The summed E-state index contributed by atoms with van der Waals surface area (Å²) in [5.74, 6) is -1.90. The topological polar surface area (TPSA) is 129 Å². The Bertz CT molecular complexity index is 1060. The van der Waals surface area contributed by atoms with Crippen LogP contribution in [0.4, 0.5) is 5.00 Å². The van der Waals surface area contributed by atoms with Gasteiger partial charge in [0, 0.05) is 17.6 Å². The number of fused-ring (bicyclic) bond motifs is 1. The van der Waals surface area contributed by atoms with Gasteiger partial charge in [0.1, 0.15) is 5.00 Å². The maximum absolute atomic E-state index is 12.4. The first-order chi connectivity index (χ1) is 13.3. The van der Waals surface area contributed by atoms with Crippen LogP contribution in [0.15, 0.2) is 29.9 Å². The summed E-state index contributed by atoms with van der Waals surface area (Å²) >= 11 is 1.15. The highest BCUT2D eigenvalue weighted by Gasteiger charge is 2.22. The number of ether oxygens (including phenoxy) is 1. The smallest absolute Gasteiger partial charge is 0.340 e. The number of hydrogen-bond donors (Lipinski definition) is 2. The molecule has 3 aromatic heterocycles. The third-order valence-corrected chi connectivity index (χ3v) is 4.81. The number of rotatable bonds is 6. The van der Waals surface area contributed by atoms with Crippen molar-refractivity contribution in [3.8, 4) is 0 Å². The molecule has 0 saturated heterocycles. The summed E-state index contributed by atoms with van der Waals surface area (Å²) < 4.78 is 6.97. The minimum absolute atomic E-state index is 0.133. The van der Waals surface area contributed by atoms with Gasteiger partial charge in [-0.3, -0.25) is 9.59 Å². The van der Waals surface area contributed by atoms with Gasteiger partial charge in [-0.25, -0.2) is 14.5 Å². The van der Waals surface area contributed by atoms with Crippen LogP contribution in [0.2, 0.25) is 0 Å². The molecule has 1 atom stereocenters. The molecular weight excluding hydrogens is 382 g/mol. The number of hydrogen-bond acceptors (Lipinski definition) is 7. The first-order valence-corrected chi connectivity index (χ1v) is 9.38. The minimum atomic E-state index is -1.08. The maximum Gasteiger partial charge on any atom is 0.340 e. The van der Waals surface area contributed by atoms with Crippen LogP contribution in [0, 0.1) is 0 Å². The van der Waals surface area contributed by atoms with Crippen LogP contribution in [-0.2, 0) is 9.53 Å². The number of nitrogens with two attached hydrogens (primary N) is 1. The first kappa shape index (κ1) is 19.5. The number of carbonyl (C=O) groups excluding carboxylic acids is 3. The van der Waals surface area contributed by atoms with Gasteiger partial charge in [-0.1, -0.05) is 0 Å². The van der Waals surface area contributed by atoms with Crippen molar-refractivity contribution in [2.24, 2.45) is 5.73 Å². The fourth-order valence-electron chi connectivity index (χ4n) is 2.53. The zero-order valence-electron chi connectivity index (χ0n) is 15.5. The lowest BCUT2D eigenvalue weighted by atomic mass is 10.2. The van der Waals surface area contributed by atoms with Crippen molar-refractivity contribution >= 4 is 45.2 Å². The summed E-state index contributed by atoms with van der Waals surface area (Å²) in [5, 5.41) is 9.43. The highest BCUT2D eigenvalue weighted by molar-refractivity contribution is 7.14. The van der Waals surface area contributed by atoms with Crippen LogP contribution in [0.1, 0.15) is 47.5 Å². The monoisotopic (exact) mass is 401 g/mol. The Kier molecular flexibility index (Phi) is 5.41. The van der Waals surface area contributed by atoms with Gasteiger partial charge in [-0.2, -0.15) is 5.10 Å². The van der Waals surface area contributed by atoms with E-state index in [9.17, 15) is 14.4 Å². The summed E-state index contributed by atoms with van der Waals surface area (Å²) in [4.78, 5) is 40.3. The number of esters is 1. The van der Waals surface area contributed by atoms with Gasteiger partial charge in [0.15, 0.2) is 11.8 Å². The van der Waals surface area contributed by atoms with Crippen LogP contribution >= 0.6 is 11.3 Å². The molecule has 0 spiro atoms. The number of anilines is 1. The fraction of sp³-hybridized carbons (Fsp3) is 0.278. The van der Waals surface area contributed by atoms with Crippen LogP contribution in [0.5, 0.6) is 0 Å². The highest BCUT2D eigenvalue weighted by atomic mass is 32.1. The normalized spacial score (nSPS) is 12.1. The van der Waals surface area contributed by atoms with Crippen LogP contribution < -0.4 is 11.1 Å². The molecule has 0 radical (unpaired) electrons. The Labute approximate surface area is 164 Å². The summed E-state index contributed by atoms with van der Waals surface area (Å²) in [6.07, 6.45) is 1.93. The van der Waals surface area contributed by atoms with Crippen molar-refractivity contribution in [3.05, 3.63) is 41.0 Å². The molecule has 28 heavy (non-hydrogen) atoms. The second kappa shape index (κ2) is 7.77. The minimum Gasteiger partial charge on any atom is -0.449 e. The van der Waals surface area contributed by atoms with E-state index in [1.165, 1.54) is 19.2 Å². The van der Waals surface area contributed by atoms with Gasteiger partial charge >= 0.3 is 5.97 Å². The largest absolute Gasteiger partial charge is 0.449 e. The first-order valence-electron chi connectivity index (χ1n) is 8.50. The van der Waals surface area contributed by atoms with Crippen LogP contribution in [0.25, 0.3) is 11.0 Å². The summed E-state index contributed by atoms with van der Waals surface area (Å²) in [6, 6.07) is 3.26. The molecule has 9 nitrogen and oxygen atoms in total. The van der Waals surface area contributed by atoms with Crippen molar-refractivity contribution < 1.29 is 19.1 Å². The standard InChI is InChI=1S/C18H19N5O4S/c1-9(2)23-15-11(8-21-23)6-12(7-20-15)18(26)27-10(3)16(25)22-17-13(14(19)24)4-5-28-17/h4-10H,1-3H3,(H2,19,24)(H,22,25)/t10-/m0/s1. The van der Waals surface area contributed by atoms with Crippen molar-refractivity contribution in [1.29, 1.82) is 0 Å². The van der Waals surface area contributed by atoms with Gasteiger partial charge in [0.2, 0.25) is 0 Å². The molecule has 0 saturated carbocycles. The van der Waals surface area contributed by atoms with E-state index in [2.05, 4.69) is 15.4 Å². The molecule has 0 unspecified atom stereocenters. The molecule has 146 valence electrons. The zero-order valence-corrected chi connectivity index (χ0v) is 16.3. The lowest BCUT2D eigenvalue weighted by Crippen LogP contribution is -2.30. The van der Waals surface area contributed by atoms with Gasteiger partial charge in [0.05, 0.1) is 17.3 Å². The number of thiophene rings is 1. The second-order valence-corrected chi connectivity index (χ2v) is 7.30. The Balaban J connectivity index is 1.69. The lowest BCUT2D eigenvalue weighted by molar-refractivity contribution is -0.123. The Morgan fingerprint density at radius 2 is 2.00 bits per heavy atom. The van der Waals surface area contributed by atoms with E-state index < -0.39 is 23.9 Å².